The monoisotopic (exact) mass is 374 g/mol. The summed E-state index contributed by atoms with van der Waals surface area (Å²) >= 11 is 0. The van der Waals surface area contributed by atoms with E-state index < -0.39 is 0 Å². The molecule has 1 unspecified atom stereocenters. The quantitative estimate of drug-likeness (QED) is 0.374. The summed E-state index contributed by atoms with van der Waals surface area (Å²) in [6.45, 7) is 5.45. The average molecular weight is 375 g/mol. The third-order valence-electron chi connectivity index (χ3n) is 5.36. The van der Waals surface area contributed by atoms with Gasteiger partial charge in [0.25, 0.3) is 0 Å². The number of nitrogens with zero attached hydrogens (tertiary/aromatic N) is 2. The lowest BCUT2D eigenvalue weighted by Gasteiger charge is -2.30. The number of aliphatic imine (C=N–C) groups is 1. The van der Waals surface area contributed by atoms with Crippen LogP contribution in [-0.4, -0.2) is 64.4 Å². The largest absolute Gasteiger partial charge is 0.496 e. The lowest BCUT2D eigenvalue weighted by molar-refractivity contribution is 0.129. The number of likely N-dealkylation sites (tertiary alicyclic amines) is 1. The summed E-state index contributed by atoms with van der Waals surface area (Å²) in [5.74, 6) is 2.58. The van der Waals surface area contributed by atoms with E-state index in [1.165, 1.54) is 31.2 Å². The van der Waals surface area contributed by atoms with Gasteiger partial charge in [-0.15, -0.1) is 0 Å². The average Bonchev–Trinajstić information content (AvgIpc) is 3.38. The van der Waals surface area contributed by atoms with Crippen molar-refractivity contribution < 1.29 is 9.47 Å². The number of ether oxygens (including phenoxy) is 2. The maximum absolute atomic E-state index is 5.69. The Morgan fingerprint density at radius 3 is 2.70 bits per heavy atom. The Labute approximate surface area is 163 Å². The molecule has 0 spiro atoms. The molecule has 0 amide bonds. The van der Waals surface area contributed by atoms with Crippen LogP contribution in [0.25, 0.3) is 0 Å². The van der Waals surface area contributed by atoms with Crippen molar-refractivity contribution >= 4 is 5.96 Å². The second kappa shape index (κ2) is 10.5. The smallest absolute Gasteiger partial charge is 0.191 e. The molecule has 1 saturated heterocycles. The van der Waals surface area contributed by atoms with E-state index in [2.05, 4.69) is 32.7 Å². The highest BCUT2D eigenvalue weighted by atomic mass is 16.5. The molecule has 2 aliphatic rings. The molecule has 6 nitrogen and oxygen atoms in total. The Bertz CT molecular complexity index is 598. The standard InChI is InChI=1S/C21H34N4O2/c1-22-21(23-11-14-27-16-17-9-10-17)24-15-19(25-12-5-6-13-25)18-7-3-4-8-20(18)26-2/h3-4,7-8,17,19H,5-6,9-16H2,1-2H3,(H2,22,23,24). The first kappa shape index (κ1) is 20.0. The van der Waals surface area contributed by atoms with E-state index >= 15 is 0 Å². The highest BCUT2D eigenvalue weighted by Crippen LogP contribution is 2.31. The second-order valence-corrected chi connectivity index (χ2v) is 7.40. The molecule has 150 valence electrons. The van der Waals surface area contributed by atoms with Crippen LogP contribution in [-0.2, 0) is 4.74 Å². The Hall–Kier alpha value is -1.79. The number of benzene rings is 1. The molecular formula is C21H34N4O2. The topological polar surface area (TPSA) is 58.1 Å². The zero-order valence-electron chi connectivity index (χ0n) is 16.7. The minimum absolute atomic E-state index is 0.272. The number of para-hydroxylation sites is 1. The molecule has 6 heteroatoms. The fraction of sp³-hybridized carbons (Fsp3) is 0.667. The van der Waals surface area contributed by atoms with Gasteiger partial charge in [0.1, 0.15) is 5.75 Å². The van der Waals surface area contributed by atoms with Crippen molar-refractivity contribution in [3.63, 3.8) is 0 Å². The molecule has 1 heterocycles. The predicted octanol–water partition coefficient (Wildman–Crippen LogP) is 2.42. The number of hydrogen-bond donors (Lipinski definition) is 2. The zero-order chi connectivity index (χ0) is 18.9. The first-order valence-corrected chi connectivity index (χ1v) is 10.2. The third kappa shape index (κ3) is 6.11. The Balaban J connectivity index is 1.53. The van der Waals surface area contributed by atoms with E-state index in [0.29, 0.717) is 0 Å². The van der Waals surface area contributed by atoms with Gasteiger partial charge in [0.15, 0.2) is 5.96 Å². The van der Waals surface area contributed by atoms with Crippen LogP contribution in [0.4, 0.5) is 0 Å². The van der Waals surface area contributed by atoms with Crippen LogP contribution >= 0.6 is 0 Å². The predicted molar refractivity (Wildman–Crippen MR) is 109 cm³/mol. The molecule has 1 atom stereocenters. The lowest BCUT2D eigenvalue weighted by atomic mass is 10.0. The van der Waals surface area contributed by atoms with Gasteiger partial charge >= 0.3 is 0 Å². The number of rotatable bonds is 10. The number of hydrogen-bond acceptors (Lipinski definition) is 4. The molecule has 2 fully saturated rings. The summed E-state index contributed by atoms with van der Waals surface area (Å²) in [4.78, 5) is 6.90. The maximum Gasteiger partial charge on any atom is 0.191 e. The Morgan fingerprint density at radius 1 is 1.22 bits per heavy atom. The van der Waals surface area contributed by atoms with Gasteiger partial charge in [-0.1, -0.05) is 18.2 Å². The Kier molecular flexibility index (Phi) is 7.78. The molecule has 3 rings (SSSR count). The van der Waals surface area contributed by atoms with Gasteiger partial charge < -0.3 is 20.1 Å². The van der Waals surface area contributed by atoms with Gasteiger partial charge in [-0.3, -0.25) is 9.89 Å². The summed E-state index contributed by atoms with van der Waals surface area (Å²) < 4.78 is 11.3. The number of nitrogens with one attached hydrogen (secondary N) is 2. The summed E-state index contributed by atoms with van der Waals surface area (Å²) in [6.07, 6.45) is 5.18. The minimum atomic E-state index is 0.272. The highest BCUT2D eigenvalue weighted by molar-refractivity contribution is 5.79. The summed E-state index contributed by atoms with van der Waals surface area (Å²) in [5.41, 5.74) is 1.23. The van der Waals surface area contributed by atoms with Crippen LogP contribution in [0.5, 0.6) is 5.75 Å². The Morgan fingerprint density at radius 2 is 2.00 bits per heavy atom. The molecule has 1 aliphatic carbocycles. The van der Waals surface area contributed by atoms with Gasteiger partial charge in [-0.05, 0) is 50.8 Å². The van der Waals surface area contributed by atoms with E-state index in [0.717, 1.165) is 57.0 Å². The molecule has 2 N–H and O–H groups in total. The molecule has 27 heavy (non-hydrogen) atoms. The molecule has 1 aliphatic heterocycles. The van der Waals surface area contributed by atoms with Crippen LogP contribution in [0.1, 0.15) is 37.3 Å². The van der Waals surface area contributed by atoms with E-state index in [1.807, 2.05) is 19.2 Å². The summed E-state index contributed by atoms with van der Waals surface area (Å²) in [7, 11) is 3.56. The number of guanidine groups is 1. The van der Waals surface area contributed by atoms with Gasteiger partial charge in [0, 0.05) is 32.3 Å². The molecule has 1 saturated carbocycles. The SMILES string of the molecule is CN=C(NCCOCC1CC1)NCC(c1ccccc1OC)N1CCCC1. The third-order valence-corrected chi connectivity index (χ3v) is 5.36. The van der Waals surface area contributed by atoms with Gasteiger partial charge in [0.2, 0.25) is 0 Å². The summed E-state index contributed by atoms with van der Waals surface area (Å²) in [5, 5.41) is 6.85. The minimum Gasteiger partial charge on any atom is -0.496 e. The van der Waals surface area contributed by atoms with E-state index in [4.69, 9.17) is 9.47 Å². The van der Waals surface area contributed by atoms with Gasteiger partial charge in [0.05, 0.1) is 19.8 Å². The van der Waals surface area contributed by atoms with Crippen molar-refractivity contribution in [2.75, 3.05) is 53.6 Å². The van der Waals surface area contributed by atoms with Crippen LogP contribution in [0.3, 0.4) is 0 Å². The van der Waals surface area contributed by atoms with Crippen molar-refractivity contribution in [3.8, 4) is 5.75 Å². The molecule has 1 aromatic rings. The lowest BCUT2D eigenvalue weighted by Crippen LogP contribution is -2.43. The molecule has 0 bridgehead atoms. The van der Waals surface area contributed by atoms with Gasteiger partial charge in [-0.2, -0.15) is 0 Å². The maximum atomic E-state index is 5.69. The summed E-state index contributed by atoms with van der Waals surface area (Å²) in [6, 6.07) is 8.60. The van der Waals surface area contributed by atoms with E-state index in [9.17, 15) is 0 Å². The van der Waals surface area contributed by atoms with Crippen LogP contribution in [0.15, 0.2) is 29.3 Å². The van der Waals surface area contributed by atoms with Crippen LogP contribution in [0, 0.1) is 5.92 Å². The molecule has 1 aromatic carbocycles. The van der Waals surface area contributed by atoms with Crippen molar-refractivity contribution in [2.45, 2.75) is 31.7 Å². The molecular weight excluding hydrogens is 340 g/mol. The zero-order valence-corrected chi connectivity index (χ0v) is 16.7. The van der Waals surface area contributed by atoms with Crippen LogP contribution < -0.4 is 15.4 Å². The van der Waals surface area contributed by atoms with Crippen molar-refractivity contribution in [3.05, 3.63) is 29.8 Å². The molecule has 0 radical (unpaired) electrons. The van der Waals surface area contributed by atoms with Crippen molar-refractivity contribution in [1.29, 1.82) is 0 Å². The first-order valence-electron chi connectivity index (χ1n) is 10.2. The first-order chi connectivity index (χ1) is 13.3. The second-order valence-electron chi connectivity index (χ2n) is 7.40. The van der Waals surface area contributed by atoms with Crippen LogP contribution in [0.2, 0.25) is 0 Å². The molecule has 0 aromatic heterocycles. The fourth-order valence-corrected chi connectivity index (χ4v) is 3.62. The van der Waals surface area contributed by atoms with E-state index in [1.54, 1.807) is 7.11 Å². The highest BCUT2D eigenvalue weighted by Gasteiger charge is 2.26. The van der Waals surface area contributed by atoms with E-state index in [-0.39, 0.29) is 6.04 Å². The number of methoxy groups -OCH3 is 1. The van der Waals surface area contributed by atoms with Gasteiger partial charge in [-0.25, -0.2) is 0 Å². The fourth-order valence-electron chi connectivity index (χ4n) is 3.62. The van der Waals surface area contributed by atoms with Crippen molar-refractivity contribution in [1.82, 2.24) is 15.5 Å². The normalized spacial score (nSPS) is 19.1. The van der Waals surface area contributed by atoms with Crippen molar-refractivity contribution in [2.24, 2.45) is 10.9 Å².